The molecule has 0 spiro atoms. The number of halogens is 1. The van der Waals surface area contributed by atoms with E-state index in [9.17, 15) is 9.18 Å². The number of rotatable bonds is 6. The molecule has 0 fully saturated rings. The van der Waals surface area contributed by atoms with E-state index in [2.05, 4.69) is 15.6 Å². The summed E-state index contributed by atoms with van der Waals surface area (Å²) in [5.41, 5.74) is 0.724. The van der Waals surface area contributed by atoms with Crippen molar-refractivity contribution in [3.05, 3.63) is 29.8 Å². The van der Waals surface area contributed by atoms with E-state index >= 15 is 0 Å². The molecular weight excluding hydrogens is 221 g/mol. The Labute approximate surface area is 101 Å². The molecule has 4 nitrogen and oxygen atoms in total. The number of hydrogen-bond acceptors (Lipinski definition) is 3. The molecule has 0 unspecified atom stereocenters. The third-order valence-corrected chi connectivity index (χ3v) is 2.08. The van der Waals surface area contributed by atoms with Gasteiger partial charge in [0.1, 0.15) is 5.82 Å². The minimum absolute atomic E-state index is 0.0527. The van der Waals surface area contributed by atoms with Crippen LogP contribution in [0.15, 0.2) is 18.5 Å². The largest absolute Gasteiger partial charge is 0.355 e. The van der Waals surface area contributed by atoms with Crippen LogP contribution in [-0.2, 0) is 11.3 Å². The Morgan fingerprint density at radius 3 is 2.88 bits per heavy atom. The van der Waals surface area contributed by atoms with Crippen LogP contribution in [0.1, 0.15) is 19.4 Å². The van der Waals surface area contributed by atoms with Crippen LogP contribution >= 0.6 is 0 Å². The lowest BCUT2D eigenvalue weighted by Crippen LogP contribution is -2.35. The van der Waals surface area contributed by atoms with E-state index in [-0.39, 0.29) is 18.3 Å². The average molecular weight is 239 g/mol. The topological polar surface area (TPSA) is 54.0 Å². The second-order valence-electron chi connectivity index (χ2n) is 4.31. The Morgan fingerprint density at radius 2 is 2.24 bits per heavy atom. The molecule has 0 bridgehead atoms. The number of aromatic nitrogens is 1. The fourth-order valence-electron chi connectivity index (χ4n) is 1.25. The summed E-state index contributed by atoms with van der Waals surface area (Å²) >= 11 is 0. The zero-order valence-electron chi connectivity index (χ0n) is 10.2. The number of pyridine rings is 1. The van der Waals surface area contributed by atoms with Crippen LogP contribution in [0.2, 0.25) is 0 Å². The van der Waals surface area contributed by atoms with E-state index in [4.69, 9.17) is 0 Å². The molecule has 0 aromatic carbocycles. The first kappa shape index (κ1) is 13.6. The summed E-state index contributed by atoms with van der Waals surface area (Å²) in [5, 5.41) is 5.72. The van der Waals surface area contributed by atoms with Crippen molar-refractivity contribution in [3.8, 4) is 0 Å². The van der Waals surface area contributed by atoms with Crippen molar-refractivity contribution >= 4 is 5.91 Å². The summed E-state index contributed by atoms with van der Waals surface area (Å²) < 4.78 is 12.8. The van der Waals surface area contributed by atoms with E-state index in [0.717, 1.165) is 11.8 Å². The Morgan fingerprint density at radius 1 is 1.47 bits per heavy atom. The fraction of sp³-hybridized carbons (Fsp3) is 0.500. The van der Waals surface area contributed by atoms with Gasteiger partial charge in [0, 0.05) is 19.3 Å². The van der Waals surface area contributed by atoms with Crippen LogP contribution in [0.5, 0.6) is 0 Å². The summed E-state index contributed by atoms with van der Waals surface area (Å²) in [7, 11) is 0. The molecule has 0 aliphatic rings. The molecule has 0 atom stereocenters. The highest BCUT2D eigenvalue weighted by Gasteiger charge is 2.02. The van der Waals surface area contributed by atoms with Gasteiger partial charge >= 0.3 is 0 Å². The van der Waals surface area contributed by atoms with Crippen LogP contribution in [0.3, 0.4) is 0 Å². The highest BCUT2D eigenvalue weighted by Crippen LogP contribution is 1.99. The molecule has 1 amide bonds. The summed E-state index contributed by atoms with van der Waals surface area (Å²) in [5.74, 6) is 0.0167. The molecule has 2 N–H and O–H groups in total. The normalized spacial score (nSPS) is 10.6. The predicted molar refractivity (Wildman–Crippen MR) is 63.7 cm³/mol. The molecule has 94 valence electrons. The van der Waals surface area contributed by atoms with Gasteiger partial charge in [0.2, 0.25) is 5.91 Å². The van der Waals surface area contributed by atoms with Crippen molar-refractivity contribution < 1.29 is 9.18 Å². The first-order valence-corrected chi connectivity index (χ1v) is 5.64. The molecule has 0 aliphatic carbocycles. The maximum absolute atomic E-state index is 12.8. The third-order valence-electron chi connectivity index (χ3n) is 2.08. The molecule has 1 aromatic rings. The van der Waals surface area contributed by atoms with Crippen LogP contribution in [0.4, 0.5) is 4.39 Å². The lowest BCUT2D eigenvalue weighted by atomic mass is 10.2. The van der Waals surface area contributed by atoms with Crippen LogP contribution in [0.25, 0.3) is 0 Å². The summed E-state index contributed by atoms with van der Waals surface area (Å²) in [6.45, 7) is 5.39. The first-order chi connectivity index (χ1) is 8.08. The first-order valence-electron chi connectivity index (χ1n) is 5.64. The average Bonchev–Trinajstić information content (AvgIpc) is 2.26. The maximum Gasteiger partial charge on any atom is 0.233 e. The summed E-state index contributed by atoms with van der Waals surface area (Å²) in [6.07, 6.45) is 2.72. The van der Waals surface area contributed by atoms with Gasteiger partial charge in [-0.1, -0.05) is 13.8 Å². The minimum Gasteiger partial charge on any atom is -0.355 e. The van der Waals surface area contributed by atoms with Crippen molar-refractivity contribution in [1.82, 2.24) is 15.6 Å². The Hall–Kier alpha value is -1.49. The van der Waals surface area contributed by atoms with Gasteiger partial charge in [-0.3, -0.25) is 9.78 Å². The second-order valence-corrected chi connectivity index (χ2v) is 4.31. The Bertz CT molecular complexity index is 369. The van der Waals surface area contributed by atoms with E-state index in [1.165, 1.54) is 6.07 Å². The SMILES string of the molecule is CC(C)CNC(=O)CNCc1cncc(F)c1. The molecule has 1 heterocycles. The number of carbonyl (C=O) groups is 1. The zero-order chi connectivity index (χ0) is 12.7. The van der Waals surface area contributed by atoms with Gasteiger partial charge in [-0.25, -0.2) is 4.39 Å². The van der Waals surface area contributed by atoms with Crippen molar-refractivity contribution in [1.29, 1.82) is 0 Å². The van der Waals surface area contributed by atoms with Crippen LogP contribution in [-0.4, -0.2) is 24.0 Å². The van der Waals surface area contributed by atoms with Crippen molar-refractivity contribution in [2.24, 2.45) is 5.92 Å². The molecule has 5 heteroatoms. The molecule has 1 aromatic heterocycles. The van der Waals surface area contributed by atoms with Gasteiger partial charge in [0.05, 0.1) is 12.7 Å². The van der Waals surface area contributed by atoms with E-state index in [0.29, 0.717) is 19.0 Å². The molecule has 1 rings (SSSR count). The summed E-state index contributed by atoms with van der Waals surface area (Å²) in [4.78, 5) is 15.1. The number of carbonyl (C=O) groups excluding carboxylic acids is 1. The highest BCUT2D eigenvalue weighted by atomic mass is 19.1. The molecular formula is C12H18FN3O. The molecule has 0 saturated carbocycles. The van der Waals surface area contributed by atoms with Crippen molar-refractivity contribution in [2.45, 2.75) is 20.4 Å². The minimum atomic E-state index is -0.367. The van der Waals surface area contributed by atoms with Crippen molar-refractivity contribution in [2.75, 3.05) is 13.1 Å². The molecule has 0 radical (unpaired) electrons. The van der Waals surface area contributed by atoms with E-state index in [1.54, 1.807) is 6.20 Å². The van der Waals surface area contributed by atoms with Gasteiger partial charge < -0.3 is 10.6 Å². The molecule has 17 heavy (non-hydrogen) atoms. The smallest absolute Gasteiger partial charge is 0.233 e. The van der Waals surface area contributed by atoms with E-state index < -0.39 is 0 Å². The highest BCUT2D eigenvalue weighted by molar-refractivity contribution is 5.77. The lowest BCUT2D eigenvalue weighted by Gasteiger charge is -2.08. The maximum atomic E-state index is 12.8. The van der Waals surface area contributed by atoms with E-state index in [1.807, 2.05) is 13.8 Å². The molecule has 0 aliphatic heterocycles. The lowest BCUT2D eigenvalue weighted by molar-refractivity contribution is -0.120. The van der Waals surface area contributed by atoms with Crippen molar-refractivity contribution in [3.63, 3.8) is 0 Å². The van der Waals surface area contributed by atoms with Gasteiger partial charge in [-0.15, -0.1) is 0 Å². The Balaban J connectivity index is 2.21. The van der Waals surface area contributed by atoms with Crippen LogP contribution < -0.4 is 10.6 Å². The van der Waals surface area contributed by atoms with Gasteiger partial charge in [-0.2, -0.15) is 0 Å². The third kappa shape index (κ3) is 5.97. The summed E-state index contributed by atoms with van der Waals surface area (Å²) in [6, 6.07) is 1.39. The van der Waals surface area contributed by atoms with Crippen LogP contribution in [0, 0.1) is 11.7 Å². The zero-order valence-corrected chi connectivity index (χ0v) is 10.2. The number of hydrogen-bond donors (Lipinski definition) is 2. The monoisotopic (exact) mass is 239 g/mol. The second kappa shape index (κ2) is 6.96. The van der Waals surface area contributed by atoms with Gasteiger partial charge in [0.25, 0.3) is 0 Å². The number of nitrogens with one attached hydrogen (secondary N) is 2. The number of nitrogens with zero attached hydrogens (tertiary/aromatic N) is 1. The van der Waals surface area contributed by atoms with Gasteiger partial charge in [-0.05, 0) is 17.5 Å². The standard InChI is InChI=1S/C12H18FN3O/c1-9(2)4-16-12(17)8-15-6-10-3-11(13)7-14-5-10/h3,5,7,9,15H,4,6,8H2,1-2H3,(H,16,17). The van der Waals surface area contributed by atoms with Gasteiger partial charge in [0.15, 0.2) is 0 Å². The predicted octanol–water partition coefficient (Wildman–Crippen LogP) is 1.08. The number of amides is 1. The fourth-order valence-corrected chi connectivity index (χ4v) is 1.25. The molecule has 0 saturated heterocycles. The Kier molecular flexibility index (Phi) is 5.56. The quantitative estimate of drug-likeness (QED) is 0.781.